The number of nitrogens with one attached hydrogen (secondary N) is 2. The van der Waals surface area contributed by atoms with Crippen molar-refractivity contribution in [3.63, 3.8) is 0 Å². The van der Waals surface area contributed by atoms with E-state index in [1.54, 1.807) is 29.6 Å². The van der Waals surface area contributed by atoms with Crippen LogP contribution < -0.4 is 15.4 Å². The van der Waals surface area contributed by atoms with Crippen LogP contribution in [0.15, 0.2) is 30.5 Å². The molecule has 25 heavy (non-hydrogen) atoms. The number of ether oxygens (including phenoxy) is 1. The summed E-state index contributed by atoms with van der Waals surface area (Å²) in [6.07, 6.45) is -3.19. The lowest BCUT2D eigenvalue weighted by Gasteiger charge is -2.08. The molecule has 8 nitrogen and oxygen atoms in total. The number of rotatable bonds is 6. The number of carbonyl (C=O) groups excluding carboxylic acids is 2. The normalized spacial score (nSPS) is 11.0. The predicted octanol–water partition coefficient (Wildman–Crippen LogP) is 0.684. The topological polar surface area (TPSA) is 98.1 Å². The van der Waals surface area contributed by atoms with Gasteiger partial charge in [0, 0.05) is 0 Å². The molecule has 0 aliphatic carbocycles. The molecule has 0 radical (unpaired) electrons. The second-order valence-corrected chi connectivity index (χ2v) is 4.82. The van der Waals surface area contributed by atoms with E-state index in [0.29, 0.717) is 11.4 Å². The maximum Gasteiger partial charge on any atom is 0.405 e. The minimum absolute atomic E-state index is 0.0839. The average Bonchev–Trinajstić information content (AvgIpc) is 3.07. The summed E-state index contributed by atoms with van der Waals surface area (Å²) in [5.41, 5.74) is 0.537. The number of hydrogen-bond donors (Lipinski definition) is 2. The van der Waals surface area contributed by atoms with E-state index in [4.69, 9.17) is 4.74 Å². The Morgan fingerprint density at radius 3 is 2.48 bits per heavy atom. The van der Waals surface area contributed by atoms with Gasteiger partial charge >= 0.3 is 6.18 Å². The Balaban J connectivity index is 1.90. The summed E-state index contributed by atoms with van der Waals surface area (Å²) in [5.74, 6) is -1.05. The molecular weight excluding hydrogens is 343 g/mol. The van der Waals surface area contributed by atoms with Gasteiger partial charge in [-0.1, -0.05) is 5.21 Å². The van der Waals surface area contributed by atoms with Crippen molar-refractivity contribution >= 4 is 11.8 Å². The van der Waals surface area contributed by atoms with E-state index in [0.717, 1.165) is 0 Å². The number of aromatic nitrogens is 3. The van der Waals surface area contributed by atoms with Crippen molar-refractivity contribution in [2.75, 3.05) is 20.2 Å². The second kappa shape index (κ2) is 7.64. The molecule has 1 aromatic carbocycles. The third-order valence-electron chi connectivity index (χ3n) is 2.96. The standard InChI is InChI=1S/C14H14F3N5O3/c1-25-10-4-2-9(3-5-10)22-7-11(20-21-22)13(24)18-6-12(23)19-8-14(15,16)17/h2-5,7H,6,8H2,1H3,(H,18,24)(H,19,23). The maximum atomic E-state index is 12.0. The highest BCUT2D eigenvalue weighted by molar-refractivity contribution is 5.94. The van der Waals surface area contributed by atoms with Crippen molar-refractivity contribution < 1.29 is 27.5 Å². The van der Waals surface area contributed by atoms with E-state index in [2.05, 4.69) is 15.6 Å². The van der Waals surface area contributed by atoms with E-state index in [1.807, 2.05) is 0 Å². The monoisotopic (exact) mass is 357 g/mol. The molecular formula is C14H14F3N5O3. The van der Waals surface area contributed by atoms with Crippen LogP contribution in [0.5, 0.6) is 5.75 Å². The third-order valence-corrected chi connectivity index (χ3v) is 2.96. The highest BCUT2D eigenvalue weighted by Crippen LogP contribution is 2.14. The number of benzene rings is 1. The molecule has 0 saturated carbocycles. The van der Waals surface area contributed by atoms with Gasteiger partial charge in [0.25, 0.3) is 5.91 Å². The first-order chi connectivity index (χ1) is 11.8. The molecule has 2 amide bonds. The van der Waals surface area contributed by atoms with E-state index in [1.165, 1.54) is 18.0 Å². The average molecular weight is 357 g/mol. The van der Waals surface area contributed by atoms with Crippen LogP contribution in [0, 0.1) is 0 Å². The summed E-state index contributed by atoms with van der Waals surface area (Å²) >= 11 is 0. The molecule has 0 fully saturated rings. The molecule has 0 bridgehead atoms. The molecule has 2 rings (SSSR count). The first-order valence-corrected chi connectivity index (χ1v) is 6.97. The zero-order chi connectivity index (χ0) is 18.4. The molecule has 134 valence electrons. The van der Waals surface area contributed by atoms with E-state index >= 15 is 0 Å². The largest absolute Gasteiger partial charge is 0.497 e. The number of carbonyl (C=O) groups is 2. The Kier molecular flexibility index (Phi) is 5.57. The predicted molar refractivity (Wildman–Crippen MR) is 79.3 cm³/mol. The number of alkyl halides is 3. The Hall–Kier alpha value is -3.11. The van der Waals surface area contributed by atoms with Crippen LogP contribution >= 0.6 is 0 Å². The van der Waals surface area contributed by atoms with Gasteiger partial charge in [0.1, 0.15) is 12.3 Å². The van der Waals surface area contributed by atoms with Gasteiger partial charge in [0.2, 0.25) is 5.91 Å². The SMILES string of the molecule is COc1ccc(-n2cc(C(=O)NCC(=O)NCC(F)(F)F)nn2)cc1. The number of hydrogen-bond acceptors (Lipinski definition) is 5. The molecule has 2 N–H and O–H groups in total. The lowest BCUT2D eigenvalue weighted by atomic mass is 10.3. The second-order valence-electron chi connectivity index (χ2n) is 4.82. The molecule has 0 spiro atoms. The van der Waals surface area contributed by atoms with Gasteiger partial charge in [0.05, 0.1) is 25.5 Å². The zero-order valence-electron chi connectivity index (χ0n) is 13.0. The van der Waals surface area contributed by atoms with Crippen LogP contribution in [0.1, 0.15) is 10.5 Å². The summed E-state index contributed by atoms with van der Waals surface area (Å²) in [4.78, 5) is 23.1. The highest BCUT2D eigenvalue weighted by atomic mass is 19.4. The lowest BCUT2D eigenvalue weighted by Crippen LogP contribution is -2.40. The van der Waals surface area contributed by atoms with Gasteiger partial charge in [-0.3, -0.25) is 9.59 Å². The zero-order valence-corrected chi connectivity index (χ0v) is 13.0. The molecule has 0 atom stereocenters. The number of methoxy groups -OCH3 is 1. The minimum atomic E-state index is -4.51. The fourth-order valence-corrected chi connectivity index (χ4v) is 1.74. The lowest BCUT2D eigenvalue weighted by molar-refractivity contribution is -0.137. The van der Waals surface area contributed by atoms with Gasteiger partial charge in [-0.25, -0.2) is 4.68 Å². The van der Waals surface area contributed by atoms with E-state index in [9.17, 15) is 22.8 Å². The molecule has 0 unspecified atom stereocenters. The Morgan fingerprint density at radius 1 is 1.20 bits per heavy atom. The van der Waals surface area contributed by atoms with Crippen LogP contribution in [-0.4, -0.2) is 53.2 Å². The van der Waals surface area contributed by atoms with Crippen molar-refractivity contribution in [1.29, 1.82) is 0 Å². The highest BCUT2D eigenvalue weighted by Gasteiger charge is 2.27. The Labute approximate surface area is 140 Å². The van der Waals surface area contributed by atoms with Crippen molar-refractivity contribution in [3.8, 4) is 11.4 Å². The van der Waals surface area contributed by atoms with E-state index in [-0.39, 0.29) is 5.69 Å². The minimum Gasteiger partial charge on any atom is -0.497 e. The van der Waals surface area contributed by atoms with Crippen LogP contribution in [-0.2, 0) is 4.79 Å². The summed E-state index contributed by atoms with van der Waals surface area (Å²) in [6, 6.07) is 6.78. The maximum absolute atomic E-state index is 12.0. The molecule has 11 heteroatoms. The fourth-order valence-electron chi connectivity index (χ4n) is 1.74. The van der Waals surface area contributed by atoms with Gasteiger partial charge in [0.15, 0.2) is 5.69 Å². The number of amides is 2. The van der Waals surface area contributed by atoms with Crippen LogP contribution in [0.3, 0.4) is 0 Å². The van der Waals surface area contributed by atoms with Crippen molar-refractivity contribution in [3.05, 3.63) is 36.2 Å². The van der Waals surface area contributed by atoms with Crippen molar-refractivity contribution in [1.82, 2.24) is 25.6 Å². The molecule has 0 aliphatic heterocycles. The Bertz CT molecular complexity index is 743. The van der Waals surface area contributed by atoms with Gasteiger partial charge < -0.3 is 15.4 Å². The molecule has 0 saturated heterocycles. The van der Waals surface area contributed by atoms with Crippen LogP contribution in [0.25, 0.3) is 5.69 Å². The van der Waals surface area contributed by atoms with E-state index < -0.39 is 31.1 Å². The molecule has 1 aromatic heterocycles. The van der Waals surface area contributed by atoms with Gasteiger partial charge in [-0.05, 0) is 24.3 Å². The quantitative estimate of drug-likeness (QED) is 0.792. The Morgan fingerprint density at radius 2 is 1.88 bits per heavy atom. The van der Waals surface area contributed by atoms with Crippen LogP contribution in [0.4, 0.5) is 13.2 Å². The third kappa shape index (κ3) is 5.48. The van der Waals surface area contributed by atoms with Crippen molar-refractivity contribution in [2.45, 2.75) is 6.18 Å². The summed E-state index contributed by atoms with van der Waals surface area (Å²) in [5, 5.41) is 11.2. The first kappa shape index (κ1) is 18.2. The smallest absolute Gasteiger partial charge is 0.405 e. The molecule has 0 aliphatic rings. The number of nitrogens with zero attached hydrogens (tertiary/aromatic N) is 3. The van der Waals surface area contributed by atoms with Gasteiger partial charge in [-0.2, -0.15) is 13.2 Å². The fraction of sp³-hybridized carbons (Fsp3) is 0.286. The summed E-state index contributed by atoms with van der Waals surface area (Å²) in [6.45, 7) is -2.07. The van der Waals surface area contributed by atoms with Crippen LogP contribution in [0.2, 0.25) is 0 Å². The summed E-state index contributed by atoms with van der Waals surface area (Å²) in [7, 11) is 1.53. The number of halogens is 3. The van der Waals surface area contributed by atoms with Gasteiger partial charge in [-0.15, -0.1) is 5.10 Å². The van der Waals surface area contributed by atoms with Crippen molar-refractivity contribution in [2.24, 2.45) is 0 Å². The molecule has 2 aromatic rings. The summed E-state index contributed by atoms with van der Waals surface area (Å²) < 4.78 is 42.2. The first-order valence-electron chi connectivity index (χ1n) is 6.97. The molecule has 1 heterocycles.